The molecule has 0 bridgehead atoms. The molecule has 1 unspecified atom stereocenters. The molecule has 2 aromatic heterocycles. The third-order valence-corrected chi connectivity index (χ3v) is 7.99. The van der Waals surface area contributed by atoms with Gasteiger partial charge in [-0.25, -0.2) is 4.39 Å². The molecule has 0 radical (unpaired) electrons. The van der Waals surface area contributed by atoms with Crippen LogP contribution in [-0.4, -0.2) is 47.7 Å². The number of piperidine rings is 1. The predicted octanol–water partition coefficient (Wildman–Crippen LogP) is 6.26. The lowest BCUT2D eigenvalue weighted by Gasteiger charge is -2.38. The maximum Gasteiger partial charge on any atom is 0.303 e. The van der Waals surface area contributed by atoms with Gasteiger partial charge in [-0.2, -0.15) is 0 Å². The number of aryl methyl sites for hydroxylation is 1. The lowest BCUT2D eigenvalue weighted by Crippen LogP contribution is -2.41. The molecular weight excluding hydrogens is 475 g/mol. The molecule has 1 aromatic carbocycles. The van der Waals surface area contributed by atoms with Crippen LogP contribution in [0.2, 0.25) is 0 Å². The van der Waals surface area contributed by atoms with Crippen LogP contribution >= 0.6 is 11.3 Å². The minimum absolute atomic E-state index is 0.142. The standard InChI is InChI=1S/C29H33FN2O3S/c1-20-5-9-24(36-20)4-3-16-32-17-14-21(22(19-32)7-12-29(33)34)6-10-27(30)25-13-15-31-28-11-8-23(35-2)18-26(25)28/h5,8-9,11,13,15,18,21-22,27H,6-7,10,12,14,16-17,19H2,1-2H3,(H,33,34)/t21-,22+,27?/m1/s1. The molecule has 36 heavy (non-hydrogen) atoms. The molecule has 3 heterocycles. The molecule has 3 aromatic rings. The number of benzene rings is 1. The summed E-state index contributed by atoms with van der Waals surface area (Å²) in [5, 5.41) is 10.0. The van der Waals surface area contributed by atoms with Crippen LogP contribution in [0.25, 0.3) is 10.9 Å². The van der Waals surface area contributed by atoms with E-state index in [1.54, 1.807) is 30.7 Å². The molecule has 1 N–H and O–H groups in total. The summed E-state index contributed by atoms with van der Waals surface area (Å²) in [6.07, 6.45) is 3.37. The average Bonchev–Trinajstić information content (AvgIpc) is 3.30. The van der Waals surface area contributed by atoms with Crippen molar-refractivity contribution in [2.75, 3.05) is 26.7 Å². The molecule has 3 atom stereocenters. The molecule has 1 saturated heterocycles. The second-order valence-electron chi connectivity index (χ2n) is 9.52. The number of ether oxygens (including phenoxy) is 1. The number of nitrogens with zero attached hydrogens (tertiary/aromatic N) is 2. The van der Waals surface area contributed by atoms with Gasteiger partial charge in [0.05, 0.1) is 24.0 Å². The minimum atomic E-state index is -1.11. The average molecular weight is 509 g/mol. The Labute approximate surface area is 216 Å². The maximum atomic E-state index is 15.5. The number of aromatic nitrogens is 1. The van der Waals surface area contributed by atoms with Crippen LogP contribution in [0.5, 0.6) is 5.75 Å². The zero-order valence-electron chi connectivity index (χ0n) is 20.9. The topological polar surface area (TPSA) is 62.7 Å². The number of carboxylic acid groups (broad SMARTS) is 1. The van der Waals surface area contributed by atoms with Crippen molar-refractivity contribution in [3.8, 4) is 17.6 Å². The van der Waals surface area contributed by atoms with Crippen molar-refractivity contribution >= 4 is 28.2 Å². The van der Waals surface area contributed by atoms with Crippen molar-refractivity contribution in [2.45, 2.75) is 45.2 Å². The molecule has 0 spiro atoms. The zero-order chi connectivity index (χ0) is 25.5. The van der Waals surface area contributed by atoms with Gasteiger partial charge in [-0.05, 0) is 92.9 Å². The third kappa shape index (κ3) is 6.83. The van der Waals surface area contributed by atoms with Gasteiger partial charge in [-0.1, -0.05) is 11.8 Å². The van der Waals surface area contributed by atoms with E-state index in [0.29, 0.717) is 36.6 Å². The number of fused-ring (bicyclic) bond motifs is 1. The Morgan fingerprint density at radius 2 is 2.14 bits per heavy atom. The summed E-state index contributed by atoms with van der Waals surface area (Å²) in [6, 6.07) is 11.4. The van der Waals surface area contributed by atoms with E-state index < -0.39 is 12.1 Å². The fraction of sp³-hybridized carbons (Fsp3) is 0.448. The molecule has 0 saturated carbocycles. The van der Waals surface area contributed by atoms with Crippen LogP contribution in [0.3, 0.4) is 0 Å². The predicted molar refractivity (Wildman–Crippen MR) is 142 cm³/mol. The van der Waals surface area contributed by atoms with E-state index in [4.69, 9.17) is 4.74 Å². The van der Waals surface area contributed by atoms with Gasteiger partial charge in [0.2, 0.25) is 0 Å². The third-order valence-electron chi connectivity index (χ3n) is 7.07. The first-order valence-electron chi connectivity index (χ1n) is 12.5. The first kappa shape index (κ1) is 26.1. The molecule has 0 amide bonds. The molecule has 1 aliphatic rings. The molecule has 190 valence electrons. The lowest BCUT2D eigenvalue weighted by atomic mass is 9.79. The summed E-state index contributed by atoms with van der Waals surface area (Å²) >= 11 is 1.69. The summed E-state index contributed by atoms with van der Waals surface area (Å²) in [7, 11) is 1.60. The Morgan fingerprint density at radius 3 is 2.89 bits per heavy atom. The van der Waals surface area contributed by atoms with Gasteiger partial charge < -0.3 is 9.84 Å². The molecular formula is C29H33FN2O3S. The number of pyridine rings is 1. The molecule has 7 heteroatoms. The number of likely N-dealkylation sites (tertiary alicyclic amines) is 1. The van der Waals surface area contributed by atoms with Gasteiger partial charge in [0.15, 0.2) is 0 Å². The first-order chi connectivity index (χ1) is 17.4. The summed E-state index contributed by atoms with van der Waals surface area (Å²) < 4.78 is 20.8. The Morgan fingerprint density at radius 1 is 1.28 bits per heavy atom. The Bertz CT molecular complexity index is 1250. The summed E-state index contributed by atoms with van der Waals surface area (Å²) in [6.45, 7) is 4.45. The van der Waals surface area contributed by atoms with Gasteiger partial charge in [-0.15, -0.1) is 11.3 Å². The fourth-order valence-electron chi connectivity index (χ4n) is 5.12. The lowest BCUT2D eigenvalue weighted by molar-refractivity contribution is -0.137. The van der Waals surface area contributed by atoms with Crippen molar-refractivity contribution in [3.05, 3.63) is 57.9 Å². The Hall–Kier alpha value is -2.95. The number of rotatable bonds is 9. The van der Waals surface area contributed by atoms with Crippen molar-refractivity contribution in [1.82, 2.24) is 9.88 Å². The van der Waals surface area contributed by atoms with Crippen molar-refractivity contribution < 1.29 is 19.0 Å². The number of methoxy groups -OCH3 is 1. The number of hydrogen-bond donors (Lipinski definition) is 1. The fourth-order valence-corrected chi connectivity index (χ4v) is 5.86. The van der Waals surface area contributed by atoms with E-state index in [2.05, 4.69) is 34.7 Å². The molecule has 1 aliphatic heterocycles. The molecule has 0 aliphatic carbocycles. The minimum Gasteiger partial charge on any atom is -0.497 e. The number of hydrogen-bond acceptors (Lipinski definition) is 5. The highest BCUT2D eigenvalue weighted by Crippen LogP contribution is 2.36. The second kappa shape index (κ2) is 12.3. The quantitative estimate of drug-likeness (QED) is 0.346. The van der Waals surface area contributed by atoms with Crippen LogP contribution in [0, 0.1) is 30.6 Å². The number of halogens is 1. The van der Waals surface area contributed by atoms with Gasteiger partial charge in [0, 0.05) is 29.4 Å². The van der Waals surface area contributed by atoms with Crippen molar-refractivity contribution in [1.29, 1.82) is 0 Å². The van der Waals surface area contributed by atoms with Gasteiger partial charge >= 0.3 is 5.97 Å². The van der Waals surface area contributed by atoms with E-state index in [9.17, 15) is 9.90 Å². The molecule has 5 nitrogen and oxygen atoms in total. The van der Waals surface area contributed by atoms with Crippen LogP contribution in [0.1, 0.15) is 53.6 Å². The smallest absolute Gasteiger partial charge is 0.303 e. The zero-order valence-corrected chi connectivity index (χ0v) is 21.7. The van der Waals surface area contributed by atoms with E-state index in [-0.39, 0.29) is 12.3 Å². The van der Waals surface area contributed by atoms with E-state index in [0.717, 1.165) is 41.7 Å². The molecule has 4 rings (SSSR count). The van der Waals surface area contributed by atoms with Crippen LogP contribution in [0.15, 0.2) is 42.6 Å². The van der Waals surface area contributed by atoms with Gasteiger partial charge in [0.25, 0.3) is 0 Å². The number of carbonyl (C=O) groups is 1. The summed E-state index contributed by atoms with van der Waals surface area (Å²) in [5.41, 5.74) is 1.39. The van der Waals surface area contributed by atoms with Crippen LogP contribution in [0.4, 0.5) is 4.39 Å². The van der Waals surface area contributed by atoms with Crippen LogP contribution in [-0.2, 0) is 4.79 Å². The van der Waals surface area contributed by atoms with Gasteiger partial charge in [0.1, 0.15) is 11.9 Å². The number of aliphatic carboxylic acids is 1. The first-order valence-corrected chi connectivity index (χ1v) is 13.3. The van der Waals surface area contributed by atoms with Crippen molar-refractivity contribution in [2.24, 2.45) is 11.8 Å². The number of alkyl halides is 1. The van der Waals surface area contributed by atoms with E-state index in [1.165, 1.54) is 4.88 Å². The van der Waals surface area contributed by atoms with Crippen LogP contribution < -0.4 is 4.74 Å². The van der Waals surface area contributed by atoms with E-state index >= 15 is 4.39 Å². The SMILES string of the molecule is COc1ccc2nccc(C(F)CC[C@@H]3CCN(CC#Cc4ccc(C)s4)C[C@@H]3CCC(=O)O)c2c1. The van der Waals surface area contributed by atoms with Crippen molar-refractivity contribution in [3.63, 3.8) is 0 Å². The van der Waals surface area contributed by atoms with E-state index in [1.807, 2.05) is 24.3 Å². The summed E-state index contributed by atoms with van der Waals surface area (Å²) in [5.74, 6) is 6.94. The highest BCUT2D eigenvalue weighted by molar-refractivity contribution is 7.12. The second-order valence-corrected chi connectivity index (χ2v) is 10.8. The van der Waals surface area contributed by atoms with Gasteiger partial charge in [-0.3, -0.25) is 14.7 Å². The largest absolute Gasteiger partial charge is 0.497 e. The summed E-state index contributed by atoms with van der Waals surface area (Å²) in [4.78, 5) is 20.3. The highest BCUT2D eigenvalue weighted by atomic mass is 32.1. The number of thiophene rings is 1. The highest BCUT2D eigenvalue weighted by Gasteiger charge is 2.30. The Balaban J connectivity index is 1.39. The molecule has 1 fully saturated rings. The normalized spacial score (nSPS) is 19.0. The number of carboxylic acids is 1. The maximum absolute atomic E-state index is 15.5. The monoisotopic (exact) mass is 508 g/mol. The Kier molecular flexibility index (Phi) is 8.95.